The Kier molecular flexibility index (Phi) is 3.20. The third-order valence-electron chi connectivity index (χ3n) is 2.87. The summed E-state index contributed by atoms with van der Waals surface area (Å²) in [6, 6.07) is 5.09. The molecule has 1 amide bonds. The van der Waals surface area contributed by atoms with Crippen molar-refractivity contribution in [3.8, 4) is 0 Å². The summed E-state index contributed by atoms with van der Waals surface area (Å²) in [6.45, 7) is 4.17. The van der Waals surface area contributed by atoms with Crippen molar-refractivity contribution in [2.24, 2.45) is 5.92 Å². The van der Waals surface area contributed by atoms with Gasteiger partial charge in [0.1, 0.15) is 0 Å². The molecule has 0 aliphatic carbocycles. The minimum atomic E-state index is -0.0771. The molecule has 0 atom stereocenters. The molecule has 1 aromatic carbocycles. The third-order valence-corrected chi connectivity index (χ3v) is 3.11. The number of rotatable bonds is 1. The van der Waals surface area contributed by atoms with Gasteiger partial charge in [0.2, 0.25) is 5.91 Å². The molecule has 0 saturated carbocycles. The summed E-state index contributed by atoms with van der Waals surface area (Å²) in [5.74, 6) is 0.0168. The Morgan fingerprint density at radius 3 is 2.76 bits per heavy atom. The number of benzene rings is 1. The van der Waals surface area contributed by atoms with Crippen LogP contribution in [0.1, 0.15) is 30.6 Å². The number of hydrogen-bond acceptors (Lipinski definition) is 2. The van der Waals surface area contributed by atoms with E-state index in [2.05, 4.69) is 0 Å². The second-order valence-corrected chi connectivity index (χ2v) is 4.92. The zero-order valence-electron chi connectivity index (χ0n) is 9.87. The van der Waals surface area contributed by atoms with Crippen molar-refractivity contribution in [1.82, 2.24) is 0 Å². The molecule has 0 aromatic heterocycles. The predicted molar refractivity (Wildman–Crippen MR) is 67.6 cm³/mol. The number of ketones is 1. The number of hydrogen-bond donors (Lipinski definition) is 0. The first-order chi connectivity index (χ1) is 8.00. The van der Waals surface area contributed by atoms with Gasteiger partial charge >= 0.3 is 0 Å². The Labute approximate surface area is 105 Å². The smallest absolute Gasteiger partial charge is 0.229 e. The summed E-state index contributed by atoms with van der Waals surface area (Å²) in [5, 5.41) is 0.524. The van der Waals surface area contributed by atoms with E-state index in [9.17, 15) is 9.59 Å². The zero-order chi connectivity index (χ0) is 12.6. The van der Waals surface area contributed by atoms with Crippen molar-refractivity contribution in [2.75, 3.05) is 11.4 Å². The van der Waals surface area contributed by atoms with E-state index in [1.54, 1.807) is 23.1 Å². The number of nitrogens with zero attached hydrogens (tertiary/aromatic N) is 1. The molecule has 0 spiro atoms. The molecule has 0 radical (unpaired) electrons. The lowest BCUT2D eigenvalue weighted by molar-refractivity contribution is -0.121. The maximum atomic E-state index is 12.0. The van der Waals surface area contributed by atoms with Gasteiger partial charge in [0, 0.05) is 29.5 Å². The van der Waals surface area contributed by atoms with Gasteiger partial charge in [-0.3, -0.25) is 9.59 Å². The fraction of sp³-hybridized carbons (Fsp3) is 0.385. The lowest BCUT2D eigenvalue weighted by Gasteiger charge is -2.30. The van der Waals surface area contributed by atoms with Crippen LogP contribution in [0.15, 0.2) is 18.2 Å². The largest absolute Gasteiger partial charge is 0.311 e. The van der Waals surface area contributed by atoms with E-state index in [4.69, 9.17) is 11.6 Å². The quantitative estimate of drug-likeness (QED) is 0.770. The molecule has 1 aliphatic heterocycles. The molecule has 1 aromatic rings. The number of fused-ring (bicyclic) bond motifs is 1. The number of carbonyl (C=O) groups is 2. The highest BCUT2D eigenvalue weighted by atomic mass is 35.5. The fourth-order valence-electron chi connectivity index (χ4n) is 1.98. The number of Topliss-reactive ketones (excluding diaryl/α,β-unsaturated/α-hetero) is 1. The number of amides is 1. The molecule has 0 saturated heterocycles. The first-order valence-corrected chi connectivity index (χ1v) is 6.02. The number of halogens is 1. The van der Waals surface area contributed by atoms with Crippen LogP contribution in [-0.4, -0.2) is 18.2 Å². The molecule has 0 N–H and O–H groups in total. The van der Waals surface area contributed by atoms with Crippen molar-refractivity contribution in [3.63, 3.8) is 0 Å². The minimum absolute atomic E-state index is 0.0427. The molecule has 0 bridgehead atoms. The van der Waals surface area contributed by atoms with E-state index in [0.29, 0.717) is 29.2 Å². The second-order valence-electron chi connectivity index (χ2n) is 4.48. The second kappa shape index (κ2) is 4.49. The molecule has 3 nitrogen and oxygen atoms in total. The molecule has 2 rings (SSSR count). The predicted octanol–water partition coefficient (Wildman–Crippen LogP) is 2.92. The van der Waals surface area contributed by atoms with Crippen LogP contribution in [0.25, 0.3) is 0 Å². The fourth-order valence-corrected chi connectivity index (χ4v) is 2.15. The molecule has 1 aliphatic rings. The Hall–Kier alpha value is -1.35. The van der Waals surface area contributed by atoms with E-state index in [0.717, 1.165) is 0 Å². The summed E-state index contributed by atoms with van der Waals surface area (Å²) < 4.78 is 0. The van der Waals surface area contributed by atoms with Crippen molar-refractivity contribution in [3.05, 3.63) is 28.8 Å². The van der Waals surface area contributed by atoms with Gasteiger partial charge in [-0.15, -0.1) is 0 Å². The monoisotopic (exact) mass is 251 g/mol. The normalized spacial score (nSPS) is 15.1. The van der Waals surface area contributed by atoms with E-state index in [-0.39, 0.29) is 17.6 Å². The average molecular weight is 252 g/mol. The Morgan fingerprint density at radius 2 is 2.12 bits per heavy atom. The molecule has 4 heteroatoms. The van der Waals surface area contributed by atoms with Gasteiger partial charge < -0.3 is 4.90 Å². The van der Waals surface area contributed by atoms with Crippen molar-refractivity contribution in [1.29, 1.82) is 0 Å². The van der Waals surface area contributed by atoms with Crippen molar-refractivity contribution >= 4 is 29.0 Å². The highest BCUT2D eigenvalue weighted by Crippen LogP contribution is 2.30. The molecule has 0 unspecified atom stereocenters. The molecule has 90 valence electrons. The zero-order valence-corrected chi connectivity index (χ0v) is 10.6. The van der Waals surface area contributed by atoms with Gasteiger partial charge in [0.25, 0.3) is 0 Å². The van der Waals surface area contributed by atoms with E-state index < -0.39 is 0 Å². The van der Waals surface area contributed by atoms with E-state index >= 15 is 0 Å². The van der Waals surface area contributed by atoms with Crippen LogP contribution in [0.2, 0.25) is 5.02 Å². The standard InChI is InChI=1S/C13H14ClNO2/c1-8(2)13(17)15-6-5-12(16)10-7-9(14)3-4-11(10)15/h3-4,7-8H,5-6H2,1-2H3. The Bertz CT molecular complexity index is 482. The van der Waals surface area contributed by atoms with Crippen molar-refractivity contribution in [2.45, 2.75) is 20.3 Å². The maximum Gasteiger partial charge on any atom is 0.229 e. The van der Waals surface area contributed by atoms with Gasteiger partial charge in [0.15, 0.2) is 5.78 Å². The summed E-state index contributed by atoms with van der Waals surface area (Å²) in [5.41, 5.74) is 1.24. The van der Waals surface area contributed by atoms with E-state index in [1.165, 1.54) is 0 Å². The van der Waals surface area contributed by atoms with Crippen LogP contribution in [0.5, 0.6) is 0 Å². The molecule has 1 heterocycles. The maximum absolute atomic E-state index is 12.0. The highest BCUT2D eigenvalue weighted by Gasteiger charge is 2.28. The summed E-state index contributed by atoms with van der Waals surface area (Å²) in [6.07, 6.45) is 0.367. The SMILES string of the molecule is CC(C)C(=O)N1CCC(=O)c2cc(Cl)ccc21. The van der Waals surface area contributed by atoms with Crippen molar-refractivity contribution < 1.29 is 9.59 Å². The summed E-state index contributed by atoms with van der Waals surface area (Å²) >= 11 is 5.88. The topological polar surface area (TPSA) is 37.4 Å². The number of carbonyl (C=O) groups excluding carboxylic acids is 2. The van der Waals surface area contributed by atoms with Gasteiger partial charge in [0.05, 0.1) is 5.69 Å². The van der Waals surface area contributed by atoms with Gasteiger partial charge in [-0.05, 0) is 18.2 Å². The van der Waals surface area contributed by atoms with Gasteiger partial charge in [-0.1, -0.05) is 25.4 Å². The lowest BCUT2D eigenvalue weighted by Crippen LogP contribution is -2.39. The van der Waals surface area contributed by atoms with Crippen LogP contribution >= 0.6 is 11.6 Å². The van der Waals surface area contributed by atoms with Gasteiger partial charge in [-0.25, -0.2) is 0 Å². The van der Waals surface area contributed by atoms with E-state index in [1.807, 2.05) is 13.8 Å². The molecular weight excluding hydrogens is 238 g/mol. The van der Waals surface area contributed by atoms with Crippen LogP contribution in [0.3, 0.4) is 0 Å². The summed E-state index contributed by atoms with van der Waals surface area (Å²) in [7, 11) is 0. The third kappa shape index (κ3) is 2.20. The molecule has 17 heavy (non-hydrogen) atoms. The lowest BCUT2D eigenvalue weighted by atomic mass is 9.99. The van der Waals surface area contributed by atoms with Crippen LogP contribution in [0.4, 0.5) is 5.69 Å². The Balaban J connectivity index is 2.46. The van der Waals surface area contributed by atoms with Gasteiger partial charge in [-0.2, -0.15) is 0 Å². The van der Waals surface area contributed by atoms with Crippen LogP contribution in [0, 0.1) is 5.92 Å². The molecular formula is C13H14ClNO2. The summed E-state index contributed by atoms with van der Waals surface area (Å²) in [4.78, 5) is 25.5. The number of anilines is 1. The molecule has 0 fully saturated rings. The first-order valence-electron chi connectivity index (χ1n) is 5.65. The average Bonchev–Trinajstić information content (AvgIpc) is 2.29. The van der Waals surface area contributed by atoms with Crippen LogP contribution < -0.4 is 4.90 Å². The Morgan fingerprint density at radius 1 is 1.41 bits per heavy atom. The minimum Gasteiger partial charge on any atom is -0.311 e. The first kappa shape index (κ1) is 12.1. The van der Waals surface area contributed by atoms with Crippen LogP contribution in [-0.2, 0) is 4.79 Å². The highest BCUT2D eigenvalue weighted by molar-refractivity contribution is 6.31.